The molecule has 0 spiro atoms. The maximum atomic E-state index is 5.89. The van der Waals surface area contributed by atoms with E-state index in [9.17, 15) is 0 Å². The van der Waals surface area contributed by atoms with Crippen molar-refractivity contribution in [3.8, 4) is 17.0 Å². The van der Waals surface area contributed by atoms with E-state index in [1.165, 1.54) is 0 Å². The number of methoxy groups -OCH3 is 1. The van der Waals surface area contributed by atoms with Crippen molar-refractivity contribution in [3.63, 3.8) is 0 Å². The van der Waals surface area contributed by atoms with Gasteiger partial charge in [-0.3, -0.25) is 0 Å². The molecule has 0 unspecified atom stereocenters. The number of pyridine rings is 1. The summed E-state index contributed by atoms with van der Waals surface area (Å²) in [6.07, 6.45) is 0. The number of halogens is 1. The summed E-state index contributed by atoms with van der Waals surface area (Å²) >= 11 is 5.89. The first-order valence-electron chi connectivity index (χ1n) is 5.00. The molecule has 82 valence electrons. The van der Waals surface area contributed by atoms with E-state index in [4.69, 9.17) is 16.3 Å². The van der Waals surface area contributed by atoms with Gasteiger partial charge >= 0.3 is 0 Å². The summed E-state index contributed by atoms with van der Waals surface area (Å²) in [7, 11) is 1.60. The van der Waals surface area contributed by atoms with Crippen molar-refractivity contribution in [1.82, 2.24) is 4.98 Å². The van der Waals surface area contributed by atoms with Crippen LogP contribution in [0.25, 0.3) is 11.1 Å². The second kappa shape index (κ2) is 4.99. The maximum Gasteiger partial charge on any atom is 0.213 e. The SMILES string of the molecule is COc1ccc(-c2ccccc2)c(CCl)n1. The van der Waals surface area contributed by atoms with Crippen LogP contribution in [-0.2, 0) is 5.88 Å². The smallest absolute Gasteiger partial charge is 0.213 e. The molecule has 0 N–H and O–H groups in total. The van der Waals surface area contributed by atoms with Gasteiger partial charge < -0.3 is 4.74 Å². The highest BCUT2D eigenvalue weighted by Gasteiger charge is 2.06. The number of hydrogen-bond acceptors (Lipinski definition) is 2. The minimum Gasteiger partial charge on any atom is -0.481 e. The van der Waals surface area contributed by atoms with Gasteiger partial charge in [0.05, 0.1) is 18.7 Å². The molecule has 16 heavy (non-hydrogen) atoms. The first kappa shape index (κ1) is 11.0. The Labute approximate surface area is 99.9 Å². The fourth-order valence-corrected chi connectivity index (χ4v) is 1.78. The first-order valence-corrected chi connectivity index (χ1v) is 5.54. The van der Waals surface area contributed by atoms with Crippen molar-refractivity contribution in [2.24, 2.45) is 0 Å². The molecule has 1 aromatic heterocycles. The van der Waals surface area contributed by atoms with E-state index in [0.29, 0.717) is 11.8 Å². The molecule has 2 nitrogen and oxygen atoms in total. The molecule has 0 aliphatic rings. The molecule has 0 aliphatic heterocycles. The van der Waals surface area contributed by atoms with Gasteiger partial charge in [0.2, 0.25) is 5.88 Å². The van der Waals surface area contributed by atoms with Crippen LogP contribution < -0.4 is 4.74 Å². The Kier molecular flexibility index (Phi) is 3.42. The molecule has 1 aromatic carbocycles. The van der Waals surface area contributed by atoms with Crippen LogP contribution in [0.2, 0.25) is 0 Å². The molecule has 0 saturated carbocycles. The Morgan fingerprint density at radius 1 is 1.12 bits per heavy atom. The molecule has 0 atom stereocenters. The van der Waals surface area contributed by atoms with Gasteiger partial charge in [-0.25, -0.2) is 4.98 Å². The summed E-state index contributed by atoms with van der Waals surface area (Å²) in [5.41, 5.74) is 3.01. The predicted molar refractivity (Wildman–Crippen MR) is 65.8 cm³/mol. The van der Waals surface area contributed by atoms with Gasteiger partial charge in [0.1, 0.15) is 0 Å². The number of benzene rings is 1. The molecule has 0 aliphatic carbocycles. The van der Waals surface area contributed by atoms with Crippen LogP contribution in [0.3, 0.4) is 0 Å². The number of hydrogen-bond donors (Lipinski definition) is 0. The molecule has 0 saturated heterocycles. The van der Waals surface area contributed by atoms with E-state index in [1.54, 1.807) is 7.11 Å². The number of nitrogens with zero attached hydrogens (tertiary/aromatic N) is 1. The van der Waals surface area contributed by atoms with Crippen LogP contribution in [-0.4, -0.2) is 12.1 Å². The molecule has 1 heterocycles. The van der Waals surface area contributed by atoms with Crippen LogP contribution in [0.15, 0.2) is 42.5 Å². The van der Waals surface area contributed by atoms with E-state index in [2.05, 4.69) is 4.98 Å². The topological polar surface area (TPSA) is 22.1 Å². The minimum absolute atomic E-state index is 0.376. The lowest BCUT2D eigenvalue weighted by Gasteiger charge is -2.08. The Bertz CT molecular complexity index is 471. The molecule has 0 bridgehead atoms. The van der Waals surface area contributed by atoms with Crippen molar-refractivity contribution >= 4 is 11.6 Å². The average molecular weight is 234 g/mol. The molecule has 2 aromatic rings. The zero-order valence-electron chi connectivity index (χ0n) is 8.98. The van der Waals surface area contributed by atoms with E-state index in [-0.39, 0.29) is 0 Å². The summed E-state index contributed by atoms with van der Waals surface area (Å²) in [6.45, 7) is 0. The number of alkyl halides is 1. The van der Waals surface area contributed by atoms with E-state index in [0.717, 1.165) is 16.8 Å². The van der Waals surface area contributed by atoms with E-state index < -0.39 is 0 Å². The Balaban J connectivity index is 2.49. The molecule has 0 fully saturated rings. The standard InChI is InChI=1S/C13H12ClNO/c1-16-13-8-7-11(12(9-14)15-13)10-5-3-2-4-6-10/h2-8H,9H2,1H3. The van der Waals surface area contributed by atoms with Crippen LogP contribution in [0.4, 0.5) is 0 Å². The number of aromatic nitrogens is 1. The Morgan fingerprint density at radius 3 is 2.50 bits per heavy atom. The Hall–Kier alpha value is -1.54. The van der Waals surface area contributed by atoms with Crippen molar-refractivity contribution in [2.45, 2.75) is 5.88 Å². The van der Waals surface area contributed by atoms with Gasteiger partial charge in [-0.2, -0.15) is 0 Å². The molecule has 2 rings (SSSR count). The molecular formula is C13H12ClNO. The van der Waals surface area contributed by atoms with Crippen molar-refractivity contribution in [2.75, 3.05) is 7.11 Å². The van der Waals surface area contributed by atoms with Crippen molar-refractivity contribution in [1.29, 1.82) is 0 Å². The quantitative estimate of drug-likeness (QED) is 0.757. The zero-order chi connectivity index (χ0) is 11.4. The van der Waals surface area contributed by atoms with Crippen LogP contribution >= 0.6 is 11.6 Å². The third-order valence-corrected chi connectivity index (χ3v) is 2.62. The van der Waals surface area contributed by atoms with Crippen LogP contribution in [0.1, 0.15) is 5.69 Å². The Morgan fingerprint density at radius 2 is 1.88 bits per heavy atom. The second-order valence-corrected chi connectivity index (χ2v) is 3.61. The summed E-state index contributed by atoms with van der Waals surface area (Å²) in [5, 5.41) is 0. The fraction of sp³-hybridized carbons (Fsp3) is 0.154. The van der Waals surface area contributed by atoms with Gasteiger partial charge in [0.25, 0.3) is 0 Å². The average Bonchev–Trinajstić information content (AvgIpc) is 2.39. The van der Waals surface area contributed by atoms with Gasteiger partial charge in [-0.05, 0) is 11.6 Å². The maximum absolute atomic E-state index is 5.89. The summed E-state index contributed by atoms with van der Waals surface area (Å²) < 4.78 is 5.08. The van der Waals surface area contributed by atoms with Crippen molar-refractivity contribution in [3.05, 3.63) is 48.2 Å². The molecule has 0 radical (unpaired) electrons. The zero-order valence-corrected chi connectivity index (χ0v) is 9.74. The highest BCUT2D eigenvalue weighted by atomic mass is 35.5. The fourth-order valence-electron chi connectivity index (χ4n) is 1.58. The third kappa shape index (κ3) is 2.17. The first-order chi connectivity index (χ1) is 7.85. The lowest BCUT2D eigenvalue weighted by atomic mass is 10.0. The van der Waals surface area contributed by atoms with Gasteiger partial charge in [-0.1, -0.05) is 30.3 Å². The normalized spacial score (nSPS) is 10.1. The lowest BCUT2D eigenvalue weighted by Crippen LogP contribution is -1.94. The summed E-state index contributed by atoms with van der Waals surface area (Å²) in [4.78, 5) is 4.33. The monoisotopic (exact) mass is 233 g/mol. The molecule has 3 heteroatoms. The highest BCUT2D eigenvalue weighted by molar-refractivity contribution is 6.17. The van der Waals surface area contributed by atoms with Gasteiger partial charge in [0.15, 0.2) is 0 Å². The van der Waals surface area contributed by atoms with E-state index in [1.807, 2.05) is 42.5 Å². The number of rotatable bonds is 3. The third-order valence-electron chi connectivity index (χ3n) is 2.37. The van der Waals surface area contributed by atoms with Crippen LogP contribution in [0.5, 0.6) is 5.88 Å². The number of ether oxygens (including phenoxy) is 1. The molecular weight excluding hydrogens is 222 g/mol. The van der Waals surface area contributed by atoms with E-state index >= 15 is 0 Å². The minimum atomic E-state index is 0.376. The summed E-state index contributed by atoms with van der Waals surface area (Å²) in [5.74, 6) is 0.969. The summed E-state index contributed by atoms with van der Waals surface area (Å²) in [6, 6.07) is 13.9. The van der Waals surface area contributed by atoms with Gasteiger partial charge in [0, 0.05) is 11.6 Å². The van der Waals surface area contributed by atoms with Gasteiger partial charge in [-0.15, -0.1) is 11.6 Å². The lowest BCUT2D eigenvalue weighted by molar-refractivity contribution is 0.397. The van der Waals surface area contributed by atoms with Crippen molar-refractivity contribution < 1.29 is 4.74 Å². The second-order valence-electron chi connectivity index (χ2n) is 3.35. The molecule has 0 amide bonds. The highest BCUT2D eigenvalue weighted by Crippen LogP contribution is 2.25. The van der Waals surface area contributed by atoms with Crippen LogP contribution in [0, 0.1) is 0 Å². The predicted octanol–water partition coefficient (Wildman–Crippen LogP) is 3.50. The largest absolute Gasteiger partial charge is 0.481 e.